The van der Waals surface area contributed by atoms with Crippen LogP contribution in [0.25, 0.3) is 0 Å². The number of hydrogen-bond acceptors (Lipinski definition) is 2. The van der Waals surface area contributed by atoms with Crippen molar-refractivity contribution in [3.63, 3.8) is 0 Å². The molecule has 0 spiro atoms. The largest absolute Gasteiger partial charge is 0.306 e. The van der Waals surface area contributed by atoms with Gasteiger partial charge in [-0.1, -0.05) is 6.92 Å². The van der Waals surface area contributed by atoms with Crippen LogP contribution < -0.4 is 0 Å². The first kappa shape index (κ1) is 9.72. The summed E-state index contributed by atoms with van der Waals surface area (Å²) in [7, 11) is 2.13. The van der Waals surface area contributed by atoms with Crippen LogP contribution in [0, 0.1) is 5.41 Å². The van der Waals surface area contributed by atoms with E-state index < -0.39 is 0 Å². The van der Waals surface area contributed by atoms with Gasteiger partial charge in [0.25, 0.3) is 0 Å². The Hall–Kier alpha value is -0.370. The number of ketones is 1. The minimum atomic E-state index is -0.0369. The Labute approximate surface area is 74.9 Å². The maximum absolute atomic E-state index is 11.4. The highest BCUT2D eigenvalue weighted by Gasteiger charge is 2.31. The first-order valence-electron chi connectivity index (χ1n) is 4.74. The van der Waals surface area contributed by atoms with Gasteiger partial charge in [-0.25, -0.2) is 0 Å². The average molecular weight is 169 g/mol. The quantitative estimate of drug-likeness (QED) is 0.595. The van der Waals surface area contributed by atoms with Gasteiger partial charge in [-0.15, -0.1) is 0 Å². The van der Waals surface area contributed by atoms with Gasteiger partial charge < -0.3 is 4.90 Å². The molecular formula is C10H19NO. The van der Waals surface area contributed by atoms with Crippen LogP contribution in [0.5, 0.6) is 0 Å². The molecule has 1 atom stereocenters. The number of carbonyl (C=O) groups excluding carboxylic acids is 1. The molecule has 1 aliphatic rings. The van der Waals surface area contributed by atoms with Gasteiger partial charge in [-0.2, -0.15) is 0 Å². The van der Waals surface area contributed by atoms with E-state index >= 15 is 0 Å². The van der Waals surface area contributed by atoms with Gasteiger partial charge in [0, 0.05) is 5.41 Å². The van der Waals surface area contributed by atoms with Crippen molar-refractivity contribution in [2.75, 3.05) is 20.1 Å². The third-order valence-electron chi connectivity index (χ3n) is 3.16. The molecule has 0 radical (unpaired) electrons. The molecule has 1 aliphatic heterocycles. The number of carbonyl (C=O) groups is 1. The normalized spacial score (nSPS) is 32.9. The van der Waals surface area contributed by atoms with Crippen LogP contribution >= 0.6 is 0 Å². The summed E-state index contributed by atoms with van der Waals surface area (Å²) in [6.07, 6.45) is 3.25. The fourth-order valence-corrected chi connectivity index (χ4v) is 1.77. The van der Waals surface area contributed by atoms with Crippen LogP contribution in [0.15, 0.2) is 0 Å². The summed E-state index contributed by atoms with van der Waals surface area (Å²) in [6.45, 7) is 6.04. The molecule has 0 aliphatic carbocycles. The molecule has 0 aromatic rings. The van der Waals surface area contributed by atoms with Crippen LogP contribution in [0.3, 0.4) is 0 Å². The topological polar surface area (TPSA) is 20.3 Å². The van der Waals surface area contributed by atoms with E-state index in [-0.39, 0.29) is 5.41 Å². The van der Waals surface area contributed by atoms with E-state index in [0.29, 0.717) is 5.78 Å². The maximum atomic E-state index is 11.4. The summed E-state index contributed by atoms with van der Waals surface area (Å²) >= 11 is 0. The Morgan fingerprint density at radius 1 is 1.33 bits per heavy atom. The smallest absolute Gasteiger partial charge is 0.135 e. The van der Waals surface area contributed by atoms with Crippen molar-refractivity contribution in [3.05, 3.63) is 0 Å². The van der Waals surface area contributed by atoms with Crippen molar-refractivity contribution in [2.45, 2.75) is 33.1 Å². The van der Waals surface area contributed by atoms with E-state index in [1.807, 2.05) is 0 Å². The molecule has 0 bridgehead atoms. The highest BCUT2D eigenvalue weighted by molar-refractivity contribution is 5.81. The average Bonchev–Trinajstić information content (AvgIpc) is 2.15. The number of rotatable bonds is 1. The molecular weight excluding hydrogens is 150 g/mol. The molecule has 1 rings (SSSR count). The number of likely N-dealkylation sites (tertiary alicyclic amines) is 1. The van der Waals surface area contributed by atoms with Gasteiger partial charge in [0.15, 0.2) is 0 Å². The van der Waals surface area contributed by atoms with E-state index in [1.54, 1.807) is 6.92 Å². The van der Waals surface area contributed by atoms with Crippen LogP contribution in [-0.2, 0) is 4.79 Å². The third-order valence-corrected chi connectivity index (χ3v) is 3.16. The van der Waals surface area contributed by atoms with Gasteiger partial charge in [-0.05, 0) is 46.3 Å². The van der Waals surface area contributed by atoms with E-state index in [9.17, 15) is 4.79 Å². The maximum Gasteiger partial charge on any atom is 0.135 e. The number of hydrogen-bond donors (Lipinski definition) is 0. The van der Waals surface area contributed by atoms with Crippen LogP contribution in [0.2, 0.25) is 0 Å². The van der Waals surface area contributed by atoms with Crippen molar-refractivity contribution in [1.82, 2.24) is 4.90 Å². The monoisotopic (exact) mass is 169 g/mol. The lowest BCUT2D eigenvalue weighted by atomic mass is 9.79. The van der Waals surface area contributed by atoms with Gasteiger partial charge >= 0.3 is 0 Å². The van der Waals surface area contributed by atoms with Crippen molar-refractivity contribution < 1.29 is 4.79 Å². The predicted molar refractivity (Wildman–Crippen MR) is 50.1 cm³/mol. The second kappa shape index (κ2) is 3.56. The zero-order valence-electron chi connectivity index (χ0n) is 8.39. The standard InChI is InChI=1S/C10H19NO/c1-9(12)10(2)5-4-7-11(3)8-6-10/h4-8H2,1-3H3. The van der Waals surface area contributed by atoms with Crippen molar-refractivity contribution in [3.8, 4) is 0 Å². The summed E-state index contributed by atoms with van der Waals surface area (Å²) < 4.78 is 0. The zero-order valence-corrected chi connectivity index (χ0v) is 8.39. The number of nitrogens with zero attached hydrogens (tertiary/aromatic N) is 1. The molecule has 1 unspecified atom stereocenters. The minimum Gasteiger partial charge on any atom is -0.306 e. The molecule has 1 saturated heterocycles. The van der Waals surface area contributed by atoms with Crippen molar-refractivity contribution in [1.29, 1.82) is 0 Å². The summed E-state index contributed by atoms with van der Waals surface area (Å²) in [5, 5.41) is 0. The van der Waals surface area contributed by atoms with Gasteiger partial charge in [0.1, 0.15) is 5.78 Å². The first-order valence-corrected chi connectivity index (χ1v) is 4.74. The summed E-state index contributed by atoms with van der Waals surface area (Å²) in [5.41, 5.74) is -0.0369. The fraction of sp³-hybridized carbons (Fsp3) is 0.900. The second-order valence-corrected chi connectivity index (χ2v) is 4.27. The molecule has 0 saturated carbocycles. The molecule has 70 valence electrons. The highest BCUT2D eigenvalue weighted by atomic mass is 16.1. The molecule has 2 nitrogen and oxygen atoms in total. The Balaban J connectivity index is 2.61. The van der Waals surface area contributed by atoms with Gasteiger partial charge in [-0.3, -0.25) is 4.79 Å². The van der Waals surface area contributed by atoms with Gasteiger partial charge in [0.05, 0.1) is 0 Å². The lowest BCUT2D eigenvalue weighted by Crippen LogP contribution is -2.27. The Morgan fingerprint density at radius 3 is 2.58 bits per heavy atom. The lowest BCUT2D eigenvalue weighted by molar-refractivity contribution is -0.126. The fourth-order valence-electron chi connectivity index (χ4n) is 1.77. The summed E-state index contributed by atoms with van der Waals surface area (Å²) in [5.74, 6) is 0.359. The highest BCUT2D eigenvalue weighted by Crippen LogP contribution is 2.31. The molecule has 1 fully saturated rings. The van der Waals surface area contributed by atoms with Crippen LogP contribution in [0.4, 0.5) is 0 Å². The van der Waals surface area contributed by atoms with Gasteiger partial charge in [0.2, 0.25) is 0 Å². The second-order valence-electron chi connectivity index (χ2n) is 4.27. The first-order chi connectivity index (χ1) is 5.54. The Kier molecular flexibility index (Phi) is 2.89. The predicted octanol–water partition coefficient (Wildman–Crippen LogP) is 1.70. The molecule has 0 aromatic carbocycles. The van der Waals surface area contributed by atoms with Crippen molar-refractivity contribution in [2.24, 2.45) is 5.41 Å². The molecule has 1 heterocycles. The van der Waals surface area contributed by atoms with E-state index in [4.69, 9.17) is 0 Å². The van der Waals surface area contributed by atoms with Crippen LogP contribution in [-0.4, -0.2) is 30.8 Å². The third kappa shape index (κ3) is 2.07. The van der Waals surface area contributed by atoms with Crippen molar-refractivity contribution >= 4 is 5.78 Å². The Morgan fingerprint density at radius 2 is 2.00 bits per heavy atom. The van der Waals surface area contributed by atoms with E-state index in [1.165, 1.54) is 0 Å². The molecule has 0 aromatic heterocycles. The van der Waals surface area contributed by atoms with E-state index in [0.717, 1.165) is 32.4 Å². The molecule has 12 heavy (non-hydrogen) atoms. The molecule has 0 amide bonds. The minimum absolute atomic E-state index is 0.0369. The summed E-state index contributed by atoms with van der Waals surface area (Å²) in [6, 6.07) is 0. The molecule has 0 N–H and O–H groups in total. The van der Waals surface area contributed by atoms with Crippen LogP contribution in [0.1, 0.15) is 33.1 Å². The molecule has 2 heteroatoms. The van der Waals surface area contributed by atoms with E-state index in [2.05, 4.69) is 18.9 Å². The zero-order chi connectivity index (χ0) is 9.19. The SMILES string of the molecule is CC(=O)C1(C)CCCN(C)CC1. The number of Topliss-reactive ketones (excluding diaryl/α,β-unsaturated/α-hetero) is 1. The summed E-state index contributed by atoms with van der Waals surface area (Å²) in [4.78, 5) is 13.7. The Bertz CT molecular complexity index is 179. The lowest BCUT2D eigenvalue weighted by Gasteiger charge is -2.24.